The number of amides is 1. The number of hydrogen-bond acceptors (Lipinski definition) is 3. The summed E-state index contributed by atoms with van der Waals surface area (Å²) < 4.78 is 0. The number of nitrogens with zero attached hydrogens (tertiary/aromatic N) is 1. The smallest absolute Gasteiger partial charge is 0.217 e. The van der Waals surface area contributed by atoms with Crippen LogP contribution in [0.1, 0.15) is 13.3 Å². The van der Waals surface area contributed by atoms with Gasteiger partial charge in [-0.3, -0.25) is 4.79 Å². The first-order valence-corrected chi connectivity index (χ1v) is 6.49. The second kappa shape index (κ2) is 5.24. The molecule has 1 aromatic carbocycles. The third-order valence-corrected chi connectivity index (χ3v) is 3.53. The van der Waals surface area contributed by atoms with E-state index in [4.69, 9.17) is 28.9 Å². The minimum absolute atomic E-state index is 0.0173. The van der Waals surface area contributed by atoms with E-state index in [2.05, 4.69) is 10.2 Å². The Morgan fingerprint density at radius 3 is 2.61 bits per heavy atom. The van der Waals surface area contributed by atoms with Crippen LogP contribution in [0.3, 0.4) is 0 Å². The molecule has 1 fully saturated rings. The molecule has 1 amide bonds. The van der Waals surface area contributed by atoms with E-state index in [0.29, 0.717) is 22.3 Å². The maximum absolute atomic E-state index is 11.0. The molecule has 18 heavy (non-hydrogen) atoms. The Kier molecular flexibility index (Phi) is 3.88. The topological polar surface area (TPSA) is 58.4 Å². The highest BCUT2D eigenvalue weighted by atomic mass is 35.5. The number of halogens is 2. The van der Waals surface area contributed by atoms with Crippen molar-refractivity contribution < 1.29 is 4.79 Å². The van der Waals surface area contributed by atoms with Gasteiger partial charge in [0.15, 0.2) is 0 Å². The van der Waals surface area contributed by atoms with Crippen molar-refractivity contribution in [3.63, 3.8) is 0 Å². The molecular weight excluding hydrogens is 273 g/mol. The Hall–Kier alpha value is -1.13. The van der Waals surface area contributed by atoms with Gasteiger partial charge in [0, 0.05) is 31.7 Å². The molecule has 0 bridgehead atoms. The van der Waals surface area contributed by atoms with Gasteiger partial charge in [-0.2, -0.15) is 0 Å². The van der Waals surface area contributed by atoms with Crippen molar-refractivity contribution in [2.24, 2.45) is 0 Å². The lowest BCUT2D eigenvalue weighted by Crippen LogP contribution is -2.35. The maximum Gasteiger partial charge on any atom is 0.217 e. The van der Waals surface area contributed by atoms with Gasteiger partial charge in [-0.1, -0.05) is 23.2 Å². The van der Waals surface area contributed by atoms with Crippen LogP contribution in [0.2, 0.25) is 10.0 Å². The molecule has 0 saturated carbocycles. The number of carbonyl (C=O) groups is 1. The number of nitrogen functional groups attached to an aromatic ring is 1. The molecule has 3 N–H and O–H groups in total. The minimum Gasteiger partial charge on any atom is -0.399 e. The highest BCUT2D eigenvalue weighted by Gasteiger charge is 2.26. The Bertz CT molecular complexity index is 455. The van der Waals surface area contributed by atoms with Crippen LogP contribution in [0.4, 0.5) is 11.4 Å². The van der Waals surface area contributed by atoms with Gasteiger partial charge in [-0.05, 0) is 18.6 Å². The van der Waals surface area contributed by atoms with Crippen LogP contribution in [0.15, 0.2) is 12.1 Å². The maximum atomic E-state index is 11.0. The molecule has 1 atom stereocenters. The first-order chi connectivity index (χ1) is 8.47. The highest BCUT2D eigenvalue weighted by Crippen LogP contribution is 2.37. The minimum atomic E-state index is -0.0173. The van der Waals surface area contributed by atoms with E-state index in [9.17, 15) is 4.79 Å². The fraction of sp³-hybridized carbons (Fsp3) is 0.417. The van der Waals surface area contributed by atoms with Gasteiger partial charge in [0.05, 0.1) is 15.7 Å². The first kappa shape index (κ1) is 13.3. The predicted octanol–water partition coefficient (Wildman–Crippen LogP) is 2.29. The Balaban J connectivity index is 2.17. The lowest BCUT2D eigenvalue weighted by Gasteiger charge is -2.22. The van der Waals surface area contributed by atoms with Crippen LogP contribution in [-0.2, 0) is 4.79 Å². The summed E-state index contributed by atoms with van der Waals surface area (Å²) in [4.78, 5) is 13.1. The molecular formula is C12H15Cl2N3O. The van der Waals surface area contributed by atoms with Crippen molar-refractivity contribution in [3.8, 4) is 0 Å². The zero-order chi connectivity index (χ0) is 13.3. The number of anilines is 2. The predicted molar refractivity (Wildman–Crippen MR) is 75.3 cm³/mol. The average Bonchev–Trinajstić information content (AvgIpc) is 2.63. The van der Waals surface area contributed by atoms with Crippen LogP contribution < -0.4 is 16.0 Å². The second-order valence-corrected chi connectivity index (χ2v) is 5.28. The van der Waals surface area contributed by atoms with E-state index >= 15 is 0 Å². The molecule has 1 aliphatic rings. The largest absolute Gasteiger partial charge is 0.399 e. The van der Waals surface area contributed by atoms with Gasteiger partial charge < -0.3 is 16.0 Å². The molecule has 0 spiro atoms. The summed E-state index contributed by atoms with van der Waals surface area (Å²) in [5.74, 6) is -0.0173. The molecule has 1 unspecified atom stereocenters. The molecule has 0 aromatic heterocycles. The highest BCUT2D eigenvalue weighted by molar-refractivity contribution is 6.39. The zero-order valence-corrected chi connectivity index (χ0v) is 11.6. The molecule has 0 radical (unpaired) electrons. The normalized spacial score (nSPS) is 19.1. The Morgan fingerprint density at radius 1 is 1.44 bits per heavy atom. The average molecular weight is 288 g/mol. The van der Waals surface area contributed by atoms with E-state index in [1.165, 1.54) is 6.92 Å². The zero-order valence-electron chi connectivity index (χ0n) is 10.0. The number of benzene rings is 1. The monoisotopic (exact) mass is 287 g/mol. The summed E-state index contributed by atoms with van der Waals surface area (Å²) in [6.45, 7) is 3.04. The van der Waals surface area contributed by atoms with E-state index in [1.807, 2.05) is 0 Å². The summed E-state index contributed by atoms with van der Waals surface area (Å²) in [7, 11) is 0. The molecule has 1 aromatic rings. The Morgan fingerprint density at radius 2 is 2.06 bits per heavy atom. The van der Waals surface area contributed by atoms with Crippen LogP contribution in [0.25, 0.3) is 0 Å². The number of hydrogen-bond donors (Lipinski definition) is 2. The first-order valence-electron chi connectivity index (χ1n) is 5.74. The lowest BCUT2D eigenvalue weighted by molar-refractivity contribution is -0.119. The molecule has 4 nitrogen and oxygen atoms in total. The van der Waals surface area contributed by atoms with Gasteiger partial charge in [-0.25, -0.2) is 0 Å². The van der Waals surface area contributed by atoms with Crippen LogP contribution >= 0.6 is 23.2 Å². The van der Waals surface area contributed by atoms with Gasteiger partial charge >= 0.3 is 0 Å². The second-order valence-electron chi connectivity index (χ2n) is 4.47. The molecule has 1 aliphatic heterocycles. The van der Waals surface area contributed by atoms with E-state index < -0.39 is 0 Å². The van der Waals surface area contributed by atoms with Crippen LogP contribution in [0.5, 0.6) is 0 Å². The number of nitrogens with two attached hydrogens (primary N) is 1. The molecule has 6 heteroatoms. The molecule has 1 heterocycles. The van der Waals surface area contributed by atoms with E-state index in [-0.39, 0.29) is 11.9 Å². The summed E-state index contributed by atoms with van der Waals surface area (Å²) in [6.07, 6.45) is 0.886. The molecule has 2 rings (SSSR count). The fourth-order valence-corrected chi connectivity index (χ4v) is 3.00. The van der Waals surface area contributed by atoms with Crippen molar-refractivity contribution in [3.05, 3.63) is 22.2 Å². The molecule has 0 aliphatic carbocycles. The third-order valence-electron chi connectivity index (χ3n) is 2.95. The van der Waals surface area contributed by atoms with Crippen molar-refractivity contribution in [2.75, 3.05) is 23.7 Å². The summed E-state index contributed by atoms with van der Waals surface area (Å²) in [6, 6.07) is 3.52. The van der Waals surface area contributed by atoms with Crippen LogP contribution in [0, 0.1) is 0 Å². The van der Waals surface area contributed by atoms with Gasteiger partial charge in [0.1, 0.15) is 0 Å². The summed E-state index contributed by atoms with van der Waals surface area (Å²) in [5.41, 5.74) is 7.02. The number of nitrogens with one attached hydrogen (secondary N) is 1. The van der Waals surface area contributed by atoms with Crippen LogP contribution in [-0.4, -0.2) is 25.0 Å². The van der Waals surface area contributed by atoms with Crippen molar-refractivity contribution in [1.29, 1.82) is 0 Å². The summed E-state index contributed by atoms with van der Waals surface area (Å²) >= 11 is 12.3. The molecule has 98 valence electrons. The van der Waals surface area contributed by atoms with Crippen molar-refractivity contribution in [1.82, 2.24) is 5.32 Å². The summed E-state index contributed by atoms with van der Waals surface area (Å²) in [5, 5.41) is 3.99. The SMILES string of the molecule is CC(=O)NC1CCN(c2c(Cl)cc(N)cc2Cl)C1. The van der Waals surface area contributed by atoms with Crippen molar-refractivity contribution in [2.45, 2.75) is 19.4 Å². The van der Waals surface area contributed by atoms with Gasteiger partial charge in [0.25, 0.3) is 0 Å². The third kappa shape index (κ3) is 2.82. The quantitative estimate of drug-likeness (QED) is 0.821. The molecule has 1 saturated heterocycles. The van der Waals surface area contributed by atoms with E-state index in [1.54, 1.807) is 12.1 Å². The number of rotatable bonds is 2. The lowest BCUT2D eigenvalue weighted by atomic mass is 10.2. The number of carbonyl (C=O) groups excluding carboxylic acids is 1. The fourth-order valence-electron chi connectivity index (χ4n) is 2.26. The van der Waals surface area contributed by atoms with Crippen molar-refractivity contribution >= 4 is 40.5 Å². The van der Waals surface area contributed by atoms with Gasteiger partial charge in [-0.15, -0.1) is 0 Å². The Labute approximate surface area is 116 Å². The van der Waals surface area contributed by atoms with Gasteiger partial charge in [0.2, 0.25) is 5.91 Å². The van der Waals surface area contributed by atoms with E-state index in [0.717, 1.165) is 18.7 Å². The standard InChI is InChI=1S/C12H15Cl2N3O/c1-7(18)16-9-2-3-17(6-9)12-10(13)4-8(15)5-11(12)14/h4-5,9H,2-3,6,15H2,1H3,(H,16,18).